The fourth-order valence-electron chi connectivity index (χ4n) is 2.50. The van der Waals surface area contributed by atoms with Gasteiger partial charge in [-0.2, -0.15) is 0 Å². The van der Waals surface area contributed by atoms with Gasteiger partial charge >= 0.3 is 0 Å². The summed E-state index contributed by atoms with van der Waals surface area (Å²) in [6, 6.07) is 4.95. The standard InChI is InChI=1S/C13H22N2OS/c1-14(7-8-16)12-4-2-6-15(10-12)11-13-5-3-9-17-13/h3,5,9,12,16H,2,4,6-8,10-11H2,1H3. The van der Waals surface area contributed by atoms with Gasteiger partial charge in [-0.25, -0.2) is 0 Å². The van der Waals surface area contributed by atoms with Crippen LogP contribution in [-0.2, 0) is 6.54 Å². The lowest BCUT2D eigenvalue weighted by atomic mass is 10.0. The lowest BCUT2D eigenvalue weighted by molar-refractivity contribution is 0.0976. The molecule has 0 aromatic carbocycles. The van der Waals surface area contributed by atoms with E-state index >= 15 is 0 Å². The van der Waals surface area contributed by atoms with Gasteiger partial charge in [-0.3, -0.25) is 9.80 Å². The molecule has 0 saturated carbocycles. The lowest BCUT2D eigenvalue weighted by Crippen LogP contribution is -2.46. The monoisotopic (exact) mass is 254 g/mol. The number of aliphatic hydroxyl groups excluding tert-OH is 1. The maximum atomic E-state index is 8.99. The van der Waals surface area contributed by atoms with Gasteiger partial charge in [0.2, 0.25) is 0 Å². The molecule has 2 heterocycles. The van der Waals surface area contributed by atoms with Crippen LogP contribution < -0.4 is 0 Å². The topological polar surface area (TPSA) is 26.7 Å². The van der Waals surface area contributed by atoms with Gasteiger partial charge in [-0.1, -0.05) is 6.07 Å². The summed E-state index contributed by atoms with van der Waals surface area (Å²) in [6.07, 6.45) is 2.53. The lowest BCUT2D eigenvalue weighted by Gasteiger charge is -2.37. The molecule has 1 aromatic rings. The first-order valence-corrected chi connectivity index (χ1v) is 7.23. The first-order valence-electron chi connectivity index (χ1n) is 6.35. The van der Waals surface area contributed by atoms with Crippen LogP contribution in [0.25, 0.3) is 0 Å². The molecule has 1 aliphatic heterocycles. The van der Waals surface area contributed by atoms with Gasteiger partial charge in [0.15, 0.2) is 0 Å². The molecule has 0 radical (unpaired) electrons. The number of likely N-dealkylation sites (N-methyl/N-ethyl adjacent to an activating group) is 1. The van der Waals surface area contributed by atoms with Crippen LogP contribution in [0.5, 0.6) is 0 Å². The molecular formula is C13H22N2OS. The third-order valence-electron chi connectivity index (χ3n) is 3.52. The first kappa shape index (κ1) is 13.0. The molecule has 3 nitrogen and oxygen atoms in total. The minimum absolute atomic E-state index is 0.262. The van der Waals surface area contributed by atoms with Gasteiger partial charge in [0.05, 0.1) is 6.61 Å². The molecule has 0 spiro atoms. The SMILES string of the molecule is CN(CCO)C1CCCN(Cc2cccs2)C1. The molecule has 1 atom stereocenters. The summed E-state index contributed by atoms with van der Waals surface area (Å²) in [5.41, 5.74) is 0. The molecule has 0 aliphatic carbocycles. The Morgan fingerprint density at radius 3 is 3.18 bits per heavy atom. The van der Waals surface area contributed by atoms with E-state index in [2.05, 4.69) is 34.4 Å². The predicted octanol–water partition coefficient (Wildman–Crippen LogP) is 1.64. The highest BCUT2D eigenvalue weighted by Crippen LogP contribution is 2.18. The minimum Gasteiger partial charge on any atom is -0.395 e. The Balaban J connectivity index is 1.84. The van der Waals surface area contributed by atoms with Crippen molar-refractivity contribution in [2.45, 2.75) is 25.4 Å². The van der Waals surface area contributed by atoms with E-state index in [1.807, 2.05) is 11.3 Å². The molecule has 1 aliphatic rings. The zero-order valence-electron chi connectivity index (χ0n) is 10.5. The summed E-state index contributed by atoms with van der Waals surface area (Å²) in [7, 11) is 2.12. The van der Waals surface area contributed by atoms with Crippen LogP contribution in [0.3, 0.4) is 0 Å². The molecule has 0 bridgehead atoms. The molecule has 1 aromatic heterocycles. The van der Waals surface area contributed by atoms with Crippen molar-refractivity contribution in [2.24, 2.45) is 0 Å². The number of hydrogen-bond acceptors (Lipinski definition) is 4. The zero-order valence-corrected chi connectivity index (χ0v) is 11.3. The maximum Gasteiger partial charge on any atom is 0.0558 e. The van der Waals surface area contributed by atoms with Crippen molar-refractivity contribution < 1.29 is 5.11 Å². The highest BCUT2D eigenvalue weighted by atomic mass is 32.1. The summed E-state index contributed by atoms with van der Waals surface area (Å²) in [5.74, 6) is 0. The highest BCUT2D eigenvalue weighted by molar-refractivity contribution is 7.09. The van der Waals surface area contributed by atoms with Gasteiger partial charge in [0.25, 0.3) is 0 Å². The Labute approximate surface area is 108 Å². The van der Waals surface area contributed by atoms with Crippen molar-refractivity contribution >= 4 is 11.3 Å². The van der Waals surface area contributed by atoms with Crippen molar-refractivity contribution in [2.75, 3.05) is 33.3 Å². The number of nitrogens with zero attached hydrogens (tertiary/aromatic N) is 2. The molecule has 4 heteroatoms. The molecule has 17 heavy (non-hydrogen) atoms. The van der Waals surface area contributed by atoms with Crippen LogP contribution in [0.15, 0.2) is 17.5 Å². The number of likely N-dealkylation sites (tertiary alicyclic amines) is 1. The smallest absolute Gasteiger partial charge is 0.0558 e. The number of aliphatic hydroxyl groups is 1. The van der Waals surface area contributed by atoms with Crippen LogP contribution in [0.1, 0.15) is 17.7 Å². The average Bonchev–Trinajstić information content (AvgIpc) is 2.82. The number of thiophene rings is 1. The van der Waals surface area contributed by atoms with Crippen LogP contribution in [0.4, 0.5) is 0 Å². The highest BCUT2D eigenvalue weighted by Gasteiger charge is 2.22. The fourth-order valence-corrected chi connectivity index (χ4v) is 3.24. The summed E-state index contributed by atoms with van der Waals surface area (Å²) in [5, 5.41) is 11.1. The maximum absolute atomic E-state index is 8.99. The van der Waals surface area contributed by atoms with Gasteiger partial charge in [0.1, 0.15) is 0 Å². The van der Waals surface area contributed by atoms with E-state index in [4.69, 9.17) is 5.11 Å². The predicted molar refractivity (Wildman–Crippen MR) is 72.3 cm³/mol. The van der Waals surface area contributed by atoms with Crippen molar-refractivity contribution in [1.29, 1.82) is 0 Å². The molecule has 1 N–H and O–H groups in total. The van der Waals surface area contributed by atoms with Gasteiger partial charge < -0.3 is 5.11 Å². The van der Waals surface area contributed by atoms with E-state index in [1.165, 1.54) is 24.3 Å². The van der Waals surface area contributed by atoms with Crippen LogP contribution >= 0.6 is 11.3 Å². The quantitative estimate of drug-likeness (QED) is 0.865. The second-order valence-corrected chi connectivity index (χ2v) is 5.85. The normalized spacial score (nSPS) is 22.2. The number of rotatable bonds is 5. The Bertz CT molecular complexity index is 315. The summed E-state index contributed by atoms with van der Waals surface area (Å²) in [4.78, 5) is 6.28. The van der Waals surface area contributed by atoms with E-state index in [0.29, 0.717) is 6.04 Å². The zero-order chi connectivity index (χ0) is 12.1. The van der Waals surface area contributed by atoms with Crippen LogP contribution in [0, 0.1) is 0 Å². The molecule has 96 valence electrons. The Morgan fingerprint density at radius 1 is 1.59 bits per heavy atom. The summed E-state index contributed by atoms with van der Waals surface area (Å²) >= 11 is 1.84. The number of piperidine rings is 1. The minimum atomic E-state index is 0.262. The van der Waals surface area contributed by atoms with Gasteiger partial charge in [-0.15, -0.1) is 11.3 Å². The fraction of sp³-hybridized carbons (Fsp3) is 0.692. The largest absolute Gasteiger partial charge is 0.395 e. The molecule has 2 rings (SSSR count). The van der Waals surface area contributed by atoms with Crippen LogP contribution in [0.2, 0.25) is 0 Å². The van der Waals surface area contributed by atoms with Gasteiger partial charge in [-0.05, 0) is 37.9 Å². The summed E-state index contributed by atoms with van der Waals surface area (Å²) in [6.45, 7) is 4.48. The van der Waals surface area contributed by atoms with Crippen molar-refractivity contribution in [3.63, 3.8) is 0 Å². The van der Waals surface area contributed by atoms with E-state index in [9.17, 15) is 0 Å². The third kappa shape index (κ3) is 3.78. The first-order chi connectivity index (χ1) is 8.29. The second kappa shape index (κ2) is 6.50. The summed E-state index contributed by atoms with van der Waals surface area (Å²) < 4.78 is 0. The molecule has 1 saturated heterocycles. The Hall–Kier alpha value is -0.420. The average molecular weight is 254 g/mol. The van der Waals surface area contributed by atoms with E-state index in [1.54, 1.807) is 0 Å². The van der Waals surface area contributed by atoms with Crippen LogP contribution in [-0.4, -0.2) is 54.2 Å². The Morgan fingerprint density at radius 2 is 2.47 bits per heavy atom. The molecular weight excluding hydrogens is 232 g/mol. The van der Waals surface area contributed by atoms with Crippen molar-refractivity contribution in [3.05, 3.63) is 22.4 Å². The van der Waals surface area contributed by atoms with E-state index in [-0.39, 0.29) is 6.61 Å². The molecule has 1 unspecified atom stereocenters. The van der Waals surface area contributed by atoms with E-state index in [0.717, 1.165) is 19.6 Å². The van der Waals surface area contributed by atoms with Crippen molar-refractivity contribution in [3.8, 4) is 0 Å². The number of hydrogen-bond donors (Lipinski definition) is 1. The Kier molecular flexibility index (Phi) is 4.98. The second-order valence-electron chi connectivity index (χ2n) is 4.81. The van der Waals surface area contributed by atoms with Gasteiger partial charge in [0, 0.05) is 30.6 Å². The van der Waals surface area contributed by atoms with Crippen molar-refractivity contribution in [1.82, 2.24) is 9.80 Å². The van der Waals surface area contributed by atoms with E-state index < -0.39 is 0 Å². The molecule has 1 fully saturated rings. The molecule has 0 amide bonds. The third-order valence-corrected chi connectivity index (χ3v) is 4.38.